The van der Waals surface area contributed by atoms with E-state index >= 15 is 0 Å². The van der Waals surface area contributed by atoms with E-state index in [1.807, 2.05) is 17.7 Å². The van der Waals surface area contributed by atoms with Crippen LogP contribution < -0.4 is 5.73 Å². The molecule has 2 N–H and O–H groups in total. The fraction of sp³-hybridized carbons (Fsp3) is 0.364. The Hall–Kier alpha value is -2.11. The molecule has 3 rings (SSSR count). The van der Waals surface area contributed by atoms with Crippen molar-refractivity contribution < 1.29 is 9.53 Å². The minimum absolute atomic E-state index is 0.625. The van der Waals surface area contributed by atoms with Crippen molar-refractivity contribution in [1.82, 2.24) is 14.5 Å². The van der Waals surface area contributed by atoms with Crippen molar-refractivity contribution in [2.24, 2.45) is 12.8 Å². The van der Waals surface area contributed by atoms with Crippen LogP contribution in [0.2, 0.25) is 0 Å². The third-order valence-corrected chi connectivity index (χ3v) is 3.09. The second-order valence-electron chi connectivity index (χ2n) is 4.27. The summed E-state index contributed by atoms with van der Waals surface area (Å²) in [5, 5.41) is 0. The molecular weight excluding hydrogens is 220 g/mol. The van der Waals surface area contributed by atoms with Gasteiger partial charge in [0.1, 0.15) is 0 Å². The fourth-order valence-corrected chi connectivity index (χ4v) is 2.12. The number of aromatic nitrogens is 3. The standard InChI is InChI=1S/C11H12N4O2/c1-15-8-6-13-5-2-7(8)14-9(15)11(3-4-11)17-10(12)16/h2,5-6H,3-4H2,1H3,(H2,12,16). The number of rotatable bonds is 2. The Labute approximate surface area is 97.4 Å². The van der Waals surface area contributed by atoms with E-state index in [1.165, 1.54) is 0 Å². The van der Waals surface area contributed by atoms with E-state index in [-0.39, 0.29) is 0 Å². The first-order valence-electron chi connectivity index (χ1n) is 5.38. The van der Waals surface area contributed by atoms with Gasteiger partial charge in [-0.1, -0.05) is 0 Å². The summed E-state index contributed by atoms with van der Waals surface area (Å²) in [6.07, 6.45) is 4.20. The van der Waals surface area contributed by atoms with Gasteiger partial charge in [-0.3, -0.25) is 4.98 Å². The van der Waals surface area contributed by atoms with Crippen LogP contribution in [0, 0.1) is 0 Å². The first-order chi connectivity index (χ1) is 8.12. The number of hydrogen-bond donors (Lipinski definition) is 1. The van der Waals surface area contributed by atoms with Crippen LogP contribution in [0.25, 0.3) is 11.0 Å². The summed E-state index contributed by atoms with van der Waals surface area (Å²) >= 11 is 0. The average Bonchev–Trinajstić information content (AvgIpc) is 2.97. The van der Waals surface area contributed by atoms with Crippen molar-refractivity contribution in [3.8, 4) is 0 Å². The van der Waals surface area contributed by atoms with Gasteiger partial charge in [-0.05, 0) is 18.9 Å². The minimum atomic E-state index is -0.757. The number of nitrogens with two attached hydrogens (primary N) is 1. The molecule has 1 fully saturated rings. The van der Waals surface area contributed by atoms with Crippen LogP contribution in [0.1, 0.15) is 18.7 Å². The molecule has 0 radical (unpaired) electrons. The molecule has 1 aliphatic carbocycles. The molecule has 1 saturated carbocycles. The molecule has 88 valence electrons. The third kappa shape index (κ3) is 1.44. The molecule has 0 saturated heterocycles. The maximum absolute atomic E-state index is 10.9. The van der Waals surface area contributed by atoms with Crippen LogP contribution in [-0.4, -0.2) is 20.6 Å². The number of pyridine rings is 1. The van der Waals surface area contributed by atoms with E-state index in [4.69, 9.17) is 10.5 Å². The summed E-state index contributed by atoms with van der Waals surface area (Å²) in [5.41, 5.74) is 6.23. The van der Waals surface area contributed by atoms with Crippen LogP contribution in [0.15, 0.2) is 18.5 Å². The van der Waals surface area contributed by atoms with Gasteiger partial charge >= 0.3 is 6.09 Å². The topological polar surface area (TPSA) is 83.0 Å². The number of hydrogen-bond acceptors (Lipinski definition) is 4. The van der Waals surface area contributed by atoms with Gasteiger partial charge < -0.3 is 15.0 Å². The quantitative estimate of drug-likeness (QED) is 0.838. The van der Waals surface area contributed by atoms with Crippen molar-refractivity contribution in [2.45, 2.75) is 18.4 Å². The largest absolute Gasteiger partial charge is 0.435 e. The first kappa shape index (κ1) is 10.1. The number of carbonyl (C=O) groups excluding carboxylic acids is 1. The van der Waals surface area contributed by atoms with E-state index in [0.717, 1.165) is 29.7 Å². The van der Waals surface area contributed by atoms with E-state index in [9.17, 15) is 4.79 Å². The number of carbonyl (C=O) groups is 1. The molecule has 6 nitrogen and oxygen atoms in total. The Morgan fingerprint density at radius 2 is 2.35 bits per heavy atom. The highest BCUT2D eigenvalue weighted by atomic mass is 16.6. The number of imidazole rings is 1. The second-order valence-corrected chi connectivity index (χ2v) is 4.27. The van der Waals surface area contributed by atoms with Crippen LogP contribution in [0.3, 0.4) is 0 Å². The molecule has 0 aromatic carbocycles. The van der Waals surface area contributed by atoms with E-state index < -0.39 is 11.7 Å². The molecule has 0 aliphatic heterocycles. The molecule has 0 unspecified atom stereocenters. The number of fused-ring (bicyclic) bond motifs is 1. The molecule has 2 heterocycles. The predicted octanol–water partition coefficient (Wildman–Crippen LogP) is 1.05. The molecule has 0 bridgehead atoms. The number of ether oxygens (including phenoxy) is 1. The first-order valence-corrected chi connectivity index (χ1v) is 5.38. The van der Waals surface area contributed by atoms with E-state index in [1.54, 1.807) is 12.4 Å². The van der Waals surface area contributed by atoms with Crippen LogP contribution in [0.4, 0.5) is 4.79 Å². The van der Waals surface area contributed by atoms with Crippen molar-refractivity contribution in [3.63, 3.8) is 0 Å². The molecule has 1 aliphatic rings. The molecule has 0 spiro atoms. The normalized spacial score (nSPS) is 17.0. The van der Waals surface area contributed by atoms with Crippen LogP contribution >= 0.6 is 0 Å². The Bertz CT molecular complexity index is 601. The van der Waals surface area contributed by atoms with Gasteiger partial charge in [-0.2, -0.15) is 0 Å². The lowest BCUT2D eigenvalue weighted by atomic mass is 10.3. The molecular formula is C11H12N4O2. The van der Waals surface area contributed by atoms with Gasteiger partial charge in [0.25, 0.3) is 0 Å². The summed E-state index contributed by atoms with van der Waals surface area (Å²) < 4.78 is 7.08. The van der Waals surface area contributed by atoms with Gasteiger partial charge in [0.05, 0.1) is 17.2 Å². The van der Waals surface area contributed by atoms with Gasteiger partial charge in [-0.15, -0.1) is 0 Å². The summed E-state index contributed by atoms with van der Waals surface area (Å²) in [6.45, 7) is 0. The third-order valence-electron chi connectivity index (χ3n) is 3.09. The zero-order valence-corrected chi connectivity index (χ0v) is 9.38. The highest BCUT2D eigenvalue weighted by molar-refractivity contribution is 5.75. The number of amides is 1. The molecule has 17 heavy (non-hydrogen) atoms. The highest BCUT2D eigenvalue weighted by Crippen LogP contribution is 2.49. The predicted molar refractivity (Wildman–Crippen MR) is 60.1 cm³/mol. The van der Waals surface area contributed by atoms with Gasteiger partial charge in [0.15, 0.2) is 11.4 Å². The van der Waals surface area contributed by atoms with Crippen molar-refractivity contribution in [3.05, 3.63) is 24.3 Å². The summed E-state index contributed by atoms with van der Waals surface area (Å²) in [7, 11) is 1.89. The second kappa shape index (κ2) is 3.19. The summed E-state index contributed by atoms with van der Waals surface area (Å²) in [5.74, 6) is 0.735. The van der Waals surface area contributed by atoms with E-state index in [2.05, 4.69) is 9.97 Å². The smallest absolute Gasteiger partial charge is 0.405 e. The highest BCUT2D eigenvalue weighted by Gasteiger charge is 2.52. The van der Waals surface area contributed by atoms with E-state index in [0.29, 0.717) is 0 Å². The Kier molecular flexibility index (Phi) is 1.89. The van der Waals surface area contributed by atoms with Gasteiger partial charge in [0.2, 0.25) is 0 Å². The van der Waals surface area contributed by atoms with Crippen molar-refractivity contribution in [2.75, 3.05) is 0 Å². The van der Waals surface area contributed by atoms with Crippen molar-refractivity contribution in [1.29, 1.82) is 0 Å². The lowest BCUT2D eigenvalue weighted by molar-refractivity contribution is 0.0828. The lowest BCUT2D eigenvalue weighted by Gasteiger charge is -2.14. The number of nitrogens with zero attached hydrogens (tertiary/aromatic N) is 3. The van der Waals surface area contributed by atoms with Crippen LogP contribution in [0.5, 0.6) is 0 Å². The lowest BCUT2D eigenvalue weighted by Crippen LogP contribution is -2.25. The zero-order chi connectivity index (χ0) is 12.0. The molecule has 2 aromatic rings. The monoisotopic (exact) mass is 232 g/mol. The molecule has 2 aromatic heterocycles. The molecule has 1 amide bonds. The van der Waals surface area contributed by atoms with Crippen molar-refractivity contribution >= 4 is 17.1 Å². The van der Waals surface area contributed by atoms with Gasteiger partial charge in [0, 0.05) is 13.2 Å². The minimum Gasteiger partial charge on any atom is -0.435 e. The number of primary amides is 1. The maximum Gasteiger partial charge on any atom is 0.405 e. The summed E-state index contributed by atoms with van der Waals surface area (Å²) in [6, 6.07) is 1.83. The van der Waals surface area contributed by atoms with Gasteiger partial charge in [-0.25, -0.2) is 9.78 Å². The fourth-order valence-electron chi connectivity index (χ4n) is 2.12. The Morgan fingerprint density at radius 1 is 1.59 bits per heavy atom. The summed E-state index contributed by atoms with van der Waals surface area (Å²) in [4.78, 5) is 19.5. The molecule has 0 atom stereocenters. The Balaban J connectivity index is 2.12. The molecule has 6 heteroatoms. The average molecular weight is 232 g/mol. The van der Waals surface area contributed by atoms with Crippen LogP contribution in [-0.2, 0) is 17.4 Å². The maximum atomic E-state index is 10.9. The zero-order valence-electron chi connectivity index (χ0n) is 9.38. The number of aryl methyl sites for hydroxylation is 1. The SMILES string of the molecule is Cn1c(C2(OC(N)=O)CC2)nc2ccncc21. The Morgan fingerprint density at radius 3 is 2.94 bits per heavy atom.